The number of hydrogen-bond acceptors (Lipinski definition) is 1. The summed E-state index contributed by atoms with van der Waals surface area (Å²) in [5.41, 5.74) is 0.966. The molecule has 0 bridgehead atoms. The van der Waals surface area contributed by atoms with Crippen LogP contribution in [0.15, 0.2) is 71.7 Å². The fourth-order valence-electron chi connectivity index (χ4n) is 3.02. The van der Waals surface area contributed by atoms with Crippen LogP contribution in [0.1, 0.15) is 25.3 Å². The third-order valence-corrected chi connectivity index (χ3v) is 6.34. The van der Waals surface area contributed by atoms with E-state index >= 15 is 0 Å². The molecule has 1 aliphatic rings. The fourth-order valence-corrected chi connectivity index (χ4v) is 5.27. The second kappa shape index (κ2) is 6.83. The Hall–Kier alpha value is -1.34. The van der Waals surface area contributed by atoms with Crippen molar-refractivity contribution in [2.24, 2.45) is 5.92 Å². The van der Waals surface area contributed by atoms with Crippen LogP contribution in [0.25, 0.3) is 0 Å². The molecule has 0 heterocycles. The minimum absolute atomic E-state index is 0.217. The van der Waals surface area contributed by atoms with Crippen molar-refractivity contribution in [3.8, 4) is 0 Å². The van der Waals surface area contributed by atoms with Crippen molar-refractivity contribution in [2.45, 2.75) is 25.4 Å². The van der Waals surface area contributed by atoms with Gasteiger partial charge in [-0.1, -0.05) is 0 Å². The molecule has 1 fully saturated rings. The Morgan fingerprint density at radius 2 is 1.68 bits per heavy atom. The number of rotatable bonds is 7. The van der Waals surface area contributed by atoms with E-state index in [1.165, 1.54) is 27.3 Å². The molecule has 1 saturated carbocycles. The van der Waals surface area contributed by atoms with Crippen LogP contribution in [0.5, 0.6) is 0 Å². The molecular formula is C20H22OSe. The second-order valence-electron chi connectivity index (χ2n) is 5.65. The topological polar surface area (TPSA) is 9.23 Å². The van der Waals surface area contributed by atoms with Gasteiger partial charge in [0.25, 0.3) is 0 Å². The van der Waals surface area contributed by atoms with Gasteiger partial charge in [-0.15, -0.1) is 0 Å². The molecule has 1 aliphatic carbocycles. The molecule has 0 radical (unpaired) electrons. The predicted molar refractivity (Wildman–Crippen MR) is 93.4 cm³/mol. The van der Waals surface area contributed by atoms with Gasteiger partial charge in [0, 0.05) is 0 Å². The maximum atomic E-state index is 6.39. The van der Waals surface area contributed by atoms with Gasteiger partial charge < -0.3 is 0 Å². The van der Waals surface area contributed by atoms with Gasteiger partial charge in [0.15, 0.2) is 0 Å². The van der Waals surface area contributed by atoms with Crippen LogP contribution in [0.4, 0.5) is 0 Å². The third kappa shape index (κ3) is 3.05. The average Bonchev–Trinajstić information content (AvgIpc) is 3.39. The van der Waals surface area contributed by atoms with E-state index in [4.69, 9.17) is 4.74 Å². The Balaban J connectivity index is 1.96. The molecule has 3 rings (SSSR count). The van der Waals surface area contributed by atoms with E-state index < -0.39 is 0 Å². The molecule has 1 atom stereocenters. The van der Waals surface area contributed by atoms with Crippen molar-refractivity contribution in [1.29, 1.82) is 0 Å². The Bertz CT molecular complexity index is 619. The third-order valence-electron chi connectivity index (χ3n) is 4.13. The van der Waals surface area contributed by atoms with Crippen LogP contribution in [0, 0.1) is 5.92 Å². The van der Waals surface area contributed by atoms with Crippen molar-refractivity contribution >= 4 is 19.4 Å². The molecule has 0 aromatic heterocycles. The molecule has 0 saturated heterocycles. The van der Waals surface area contributed by atoms with Crippen LogP contribution in [-0.4, -0.2) is 21.6 Å². The normalized spacial score (nSPS) is 17.0. The van der Waals surface area contributed by atoms with Gasteiger partial charge in [0.1, 0.15) is 0 Å². The molecule has 22 heavy (non-hydrogen) atoms. The first kappa shape index (κ1) is 15.6. The fraction of sp³-hybridized carbons (Fsp3) is 0.300. The summed E-state index contributed by atoms with van der Waals surface area (Å²) >= 11 is 0.217. The van der Waals surface area contributed by atoms with E-state index in [0.717, 1.165) is 6.61 Å². The second-order valence-corrected chi connectivity index (χ2v) is 8.10. The summed E-state index contributed by atoms with van der Waals surface area (Å²) < 4.78 is 8.99. The van der Waals surface area contributed by atoms with Crippen molar-refractivity contribution in [3.05, 3.63) is 77.3 Å². The summed E-state index contributed by atoms with van der Waals surface area (Å²) in [7, 11) is 0. The summed E-state index contributed by atoms with van der Waals surface area (Å²) in [4.78, 5) is 0. The molecule has 1 unspecified atom stereocenters. The van der Waals surface area contributed by atoms with E-state index in [0.29, 0.717) is 5.92 Å². The summed E-state index contributed by atoms with van der Waals surface area (Å²) in [6.07, 6.45) is 2.47. The summed E-state index contributed by atoms with van der Waals surface area (Å²) in [6.45, 7) is 7.29. The number of hydrogen-bond donors (Lipinski definition) is 0. The maximum absolute atomic E-state index is 6.39. The molecule has 0 spiro atoms. The molecule has 0 amide bonds. The zero-order valence-corrected chi connectivity index (χ0v) is 14.7. The standard InChI is InChI=1S/C20H22OSe/c1-3-21-20(18-14-15-18,17-10-6-4-7-11-17)16(2)22-19-12-8-5-9-13-19/h4-13,18H,2-3,14-15H2,1H3. The molecule has 2 heteroatoms. The molecule has 0 aliphatic heterocycles. The quantitative estimate of drug-likeness (QED) is 0.684. The number of benzene rings is 2. The van der Waals surface area contributed by atoms with E-state index in [-0.39, 0.29) is 20.6 Å². The van der Waals surface area contributed by atoms with Crippen LogP contribution in [-0.2, 0) is 10.3 Å². The molecular weight excluding hydrogens is 335 g/mol. The molecule has 1 nitrogen and oxygen atoms in total. The Morgan fingerprint density at radius 3 is 2.23 bits per heavy atom. The summed E-state index contributed by atoms with van der Waals surface area (Å²) in [6, 6.07) is 21.3. The van der Waals surface area contributed by atoms with E-state index in [1.807, 2.05) is 0 Å². The van der Waals surface area contributed by atoms with Gasteiger partial charge >= 0.3 is 139 Å². The van der Waals surface area contributed by atoms with E-state index in [9.17, 15) is 0 Å². The SMILES string of the molecule is C=C([Se]c1ccccc1)C(OCC)(c1ccccc1)C1CC1. The zero-order chi connectivity index (χ0) is 15.4. The number of ether oxygens (including phenoxy) is 1. The molecule has 2 aromatic carbocycles. The summed E-state index contributed by atoms with van der Waals surface area (Å²) in [5, 5.41) is 0. The van der Waals surface area contributed by atoms with E-state index in [1.54, 1.807) is 0 Å². The van der Waals surface area contributed by atoms with Crippen LogP contribution >= 0.6 is 0 Å². The Morgan fingerprint density at radius 1 is 1.09 bits per heavy atom. The van der Waals surface area contributed by atoms with Gasteiger partial charge in [0.05, 0.1) is 0 Å². The first-order valence-corrected chi connectivity index (χ1v) is 9.60. The van der Waals surface area contributed by atoms with Gasteiger partial charge in [-0.3, -0.25) is 0 Å². The Labute approximate surface area is 139 Å². The van der Waals surface area contributed by atoms with Crippen molar-refractivity contribution in [1.82, 2.24) is 0 Å². The molecule has 2 aromatic rings. The van der Waals surface area contributed by atoms with Crippen LogP contribution in [0.2, 0.25) is 0 Å². The summed E-state index contributed by atoms with van der Waals surface area (Å²) in [5.74, 6) is 0.577. The van der Waals surface area contributed by atoms with Gasteiger partial charge in [-0.25, -0.2) is 0 Å². The Kier molecular flexibility index (Phi) is 4.83. The minimum atomic E-state index is -0.300. The van der Waals surface area contributed by atoms with Crippen molar-refractivity contribution in [3.63, 3.8) is 0 Å². The zero-order valence-electron chi connectivity index (χ0n) is 13.0. The van der Waals surface area contributed by atoms with Crippen LogP contribution < -0.4 is 4.46 Å². The average molecular weight is 357 g/mol. The van der Waals surface area contributed by atoms with Gasteiger partial charge in [0.2, 0.25) is 0 Å². The van der Waals surface area contributed by atoms with Gasteiger partial charge in [-0.05, 0) is 0 Å². The van der Waals surface area contributed by atoms with Crippen molar-refractivity contribution in [2.75, 3.05) is 6.61 Å². The first-order valence-electron chi connectivity index (χ1n) is 7.89. The predicted octanol–water partition coefficient (Wildman–Crippen LogP) is 3.87. The monoisotopic (exact) mass is 358 g/mol. The van der Waals surface area contributed by atoms with Crippen molar-refractivity contribution < 1.29 is 4.74 Å². The molecule has 0 N–H and O–H groups in total. The van der Waals surface area contributed by atoms with Gasteiger partial charge in [-0.2, -0.15) is 0 Å². The van der Waals surface area contributed by atoms with Crippen LogP contribution in [0.3, 0.4) is 0 Å². The first-order chi connectivity index (χ1) is 10.8. The molecule has 114 valence electrons. The van der Waals surface area contributed by atoms with E-state index in [2.05, 4.69) is 74.2 Å².